The number of nitrogens with zero attached hydrogens (tertiary/aromatic N) is 4. The predicted molar refractivity (Wildman–Crippen MR) is 178 cm³/mol. The molecule has 0 aliphatic carbocycles. The average Bonchev–Trinajstić information content (AvgIpc) is 3.74. The minimum absolute atomic E-state index is 0.0516. The number of carboxylic acids is 1. The third-order valence-corrected chi connectivity index (χ3v) is 8.76. The molecule has 47 heavy (non-hydrogen) atoms. The Hall–Kier alpha value is -5.24. The summed E-state index contributed by atoms with van der Waals surface area (Å²) in [5.74, 6) is -0.648. The minimum atomic E-state index is -1.01. The Labute approximate surface area is 274 Å². The number of ketones is 1. The largest absolute Gasteiger partial charge is 0.493 e. The Morgan fingerprint density at radius 3 is 2.55 bits per heavy atom. The molecule has 3 aromatic heterocycles. The first kappa shape index (κ1) is 33.1. The van der Waals surface area contributed by atoms with Crippen LogP contribution in [0.4, 0.5) is 5.95 Å². The molecule has 0 atom stereocenters. The topological polar surface area (TPSA) is 181 Å². The van der Waals surface area contributed by atoms with Crippen molar-refractivity contribution in [3.63, 3.8) is 0 Å². The average molecular weight is 661 g/mol. The van der Waals surface area contributed by atoms with Crippen molar-refractivity contribution in [3.8, 4) is 11.5 Å². The lowest BCUT2D eigenvalue weighted by atomic mass is 10.1. The van der Waals surface area contributed by atoms with Crippen molar-refractivity contribution in [1.29, 1.82) is 0 Å². The Kier molecular flexibility index (Phi) is 10.2. The predicted octanol–water partition coefficient (Wildman–Crippen LogP) is 5.43. The van der Waals surface area contributed by atoms with E-state index in [-0.39, 0.29) is 24.5 Å². The molecule has 4 N–H and O–H groups in total. The number of Topliss-reactive ketones (excluding diaryl/α,β-unsaturated/α-hetero) is 1. The number of aromatic nitrogens is 4. The van der Waals surface area contributed by atoms with Crippen LogP contribution in [0.1, 0.15) is 75.2 Å². The van der Waals surface area contributed by atoms with Gasteiger partial charge >= 0.3 is 5.97 Å². The Morgan fingerprint density at radius 1 is 1.02 bits per heavy atom. The summed E-state index contributed by atoms with van der Waals surface area (Å²) in [5, 5.41) is 17.0. The molecule has 14 heteroatoms. The van der Waals surface area contributed by atoms with E-state index in [9.17, 15) is 19.2 Å². The maximum Gasteiger partial charge on any atom is 0.303 e. The SMILES string of the molecule is CCn1nc(C)cc1C(=O)Nc1nc2cc(C(N)=O)ccc2n1CCCCCOc1cc2sc(C(=O)CCC(=O)O)cc2cc1OC. The molecule has 2 amide bonds. The van der Waals surface area contributed by atoms with Crippen molar-refractivity contribution in [2.24, 2.45) is 5.73 Å². The van der Waals surface area contributed by atoms with Gasteiger partial charge in [0, 0.05) is 35.8 Å². The molecule has 0 aliphatic rings. The highest BCUT2D eigenvalue weighted by Gasteiger charge is 2.19. The zero-order valence-electron chi connectivity index (χ0n) is 26.4. The van der Waals surface area contributed by atoms with Gasteiger partial charge in [-0.1, -0.05) is 0 Å². The molecule has 0 saturated heterocycles. The Bertz CT molecular complexity index is 1970. The number of amides is 2. The van der Waals surface area contributed by atoms with Gasteiger partial charge in [0.25, 0.3) is 5.91 Å². The van der Waals surface area contributed by atoms with Gasteiger partial charge in [0.1, 0.15) is 5.69 Å². The summed E-state index contributed by atoms with van der Waals surface area (Å²) < 4.78 is 16.0. The number of hydrogen-bond acceptors (Lipinski definition) is 9. The van der Waals surface area contributed by atoms with Gasteiger partial charge in [-0.15, -0.1) is 11.3 Å². The highest BCUT2D eigenvalue weighted by atomic mass is 32.1. The molecule has 3 heterocycles. The number of carboxylic acid groups (broad SMARTS) is 1. The standard InChI is InChI=1S/C33H36N6O7S/c1-4-39-24(14-19(2)37-39)32(44)36-33-35-22-15-20(31(34)43)8-9-23(22)38(33)12-6-5-7-13-46-27-18-28-21(16-26(27)45-3)17-29(47-28)25(40)10-11-30(41)42/h8-9,14-18H,4-7,10-13H2,1-3H3,(H2,34,43)(H,41,42)(H,35,36,44). The third kappa shape index (κ3) is 7.60. The highest BCUT2D eigenvalue weighted by molar-refractivity contribution is 7.20. The number of carbonyl (C=O) groups is 4. The van der Waals surface area contributed by atoms with E-state index >= 15 is 0 Å². The zero-order valence-corrected chi connectivity index (χ0v) is 27.2. The number of benzene rings is 2. The van der Waals surface area contributed by atoms with Crippen molar-refractivity contribution in [3.05, 3.63) is 64.3 Å². The molecule has 0 fully saturated rings. The first-order valence-corrected chi connectivity index (χ1v) is 16.0. The number of nitrogens with two attached hydrogens (primary N) is 1. The number of imidazole rings is 1. The summed E-state index contributed by atoms with van der Waals surface area (Å²) in [6.07, 6.45) is 2.03. The van der Waals surface area contributed by atoms with Crippen molar-refractivity contribution in [2.75, 3.05) is 19.0 Å². The second-order valence-electron chi connectivity index (χ2n) is 11.0. The summed E-state index contributed by atoms with van der Waals surface area (Å²) in [7, 11) is 1.55. The maximum atomic E-state index is 13.2. The van der Waals surface area contributed by atoms with Gasteiger partial charge in [-0.25, -0.2) is 4.98 Å². The molecular weight excluding hydrogens is 624 g/mol. The van der Waals surface area contributed by atoms with E-state index in [0.717, 1.165) is 40.6 Å². The first-order valence-electron chi connectivity index (χ1n) is 15.2. The number of primary amides is 1. The molecule has 13 nitrogen and oxygen atoms in total. The number of aliphatic carboxylic acids is 1. The second-order valence-corrected chi connectivity index (χ2v) is 12.1. The van der Waals surface area contributed by atoms with Crippen LogP contribution in [0, 0.1) is 6.92 Å². The maximum absolute atomic E-state index is 13.2. The van der Waals surface area contributed by atoms with Crippen molar-refractivity contribution >= 4 is 62.0 Å². The summed E-state index contributed by atoms with van der Waals surface area (Å²) in [5.41, 5.74) is 8.28. The molecule has 0 saturated carbocycles. The molecule has 5 aromatic rings. The van der Waals surface area contributed by atoms with Crippen LogP contribution in [0.15, 0.2) is 42.5 Å². The van der Waals surface area contributed by atoms with E-state index in [2.05, 4.69) is 15.4 Å². The normalized spacial score (nSPS) is 11.2. The lowest BCUT2D eigenvalue weighted by Gasteiger charge is -2.12. The van der Waals surface area contributed by atoms with Crippen molar-refractivity contribution < 1.29 is 33.8 Å². The van der Waals surface area contributed by atoms with E-state index in [4.69, 9.17) is 20.3 Å². The van der Waals surface area contributed by atoms with E-state index in [1.165, 1.54) is 11.3 Å². The van der Waals surface area contributed by atoms with Gasteiger partial charge in [0.2, 0.25) is 11.9 Å². The Balaban J connectivity index is 1.23. The molecule has 5 rings (SSSR count). The van der Waals surface area contributed by atoms with Crippen LogP contribution in [-0.4, -0.2) is 61.7 Å². The highest BCUT2D eigenvalue weighted by Crippen LogP contribution is 2.37. The molecular formula is C33H36N6O7S. The third-order valence-electron chi connectivity index (χ3n) is 7.62. The minimum Gasteiger partial charge on any atom is -0.493 e. The monoisotopic (exact) mass is 660 g/mol. The Morgan fingerprint density at radius 2 is 1.83 bits per heavy atom. The second kappa shape index (κ2) is 14.5. The molecule has 0 unspecified atom stereocenters. The van der Waals surface area contributed by atoms with E-state index in [0.29, 0.717) is 58.8 Å². The van der Waals surface area contributed by atoms with Gasteiger partial charge in [0.15, 0.2) is 17.3 Å². The van der Waals surface area contributed by atoms with Crippen LogP contribution in [-0.2, 0) is 17.9 Å². The fourth-order valence-corrected chi connectivity index (χ4v) is 6.31. The zero-order chi connectivity index (χ0) is 33.7. The molecule has 0 bridgehead atoms. The number of aryl methyl sites for hydroxylation is 3. The number of hydrogen-bond donors (Lipinski definition) is 3. The van der Waals surface area contributed by atoms with E-state index in [1.54, 1.807) is 42.1 Å². The number of rotatable bonds is 16. The number of methoxy groups -OCH3 is 1. The van der Waals surface area contributed by atoms with Crippen LogP contribution in [0.5, 0.6) is 11.5 Å². The fourth-order valence-electron chi connectivity index (χ4n) is 5.27. The molecule has 0 spiro atoms. The van der Waals surface area contributed by atoms with Crippen LogP contribution in [0.3, 0.4) is 0 Å². The van der Waals surface area contributed by atoms with Gasteiger partial charge in [-0.3, -0.25) is 29.2 Å². The number of nitrogens with one attached hydrogen (secondary N) is 1. The van der Waals surface area contributed by atoms with E-state index in [1.807, 2.05) is 30.5 Å². The number of fused-ring (bicyclic) bond motifs is 2. The molecule has 2 aromatic carbocycles. The summed E-state index contributed by atoms with van der Waals surface area (Å²) in [4.78, 5) is 53.4. The van der Waals surface area contributed by atoms with Crippen LogP contribution >= 0.6 is 11.3 Å². The fraction of sp³-hybridized carbons (Fsp3) is 0.333. The summed E-state index contributed by atoms with van der Waals surface area (Å²) >= 11 is 1.30. The van der Waals surface area contributed by atoms with Crippen LogP contribution in [0.25, 0.3) is 21.1 Å². The van der Waals surface area contributed by atoms with Crippen LogP contribution in [0.2, 0.25) is 0 Å². The summed E-state index contributed by atoms with van der Waals surface area (Å²) in [6, 6.07) is 12.2. The van der Waals surface area contributed by atoms with Crippen molar-refractivity contribution in [2.45, 2.75) is 59.0 Å². The number of ether oxygens (including phenoxy) is 2. The van der Waals surface area contributed by atoms with Crippen LogP contribution < -0.4 is 20.5 Å². The van der Waals surface area contributed by atoms with Crippen molar-refractivity contribution in [1.82, 2.24) is 19.3 Å². The number of thiophene rings is 1. The number of anilines is 1. The number of carbonyl (C=O) groups excluding carboxylic acids is 3. The molecule has 246 valence electrons. The number of unbranched alkanes of at least 4 members (excludes halogenated alkanes) is 2. The van der Waals surface area contributed by atoms with Gasteiger partial charge in [-0.2, -0.15) is 5.10 Å². The summed E-state index contributed by atoms with van der Waals surface area (Å²) in [6.45, 7) is 5.26. The van der Waals surface area contributed by atoms with Gasteiger partial charge in [-0.05, 0) is 74.9 Å². The first-order chi connectivity index (χ1) is 22.6. The molecule has 0 aliphatic heterocycles. The van der Waals surface area contributed by atoms with Gasteiger partial charge in [0.05, 0.1) is 41.7 Å². The van der Waals surface area contributed by atoms with E-state index < -0.39 is 11.9 Å². The quantitative estimate of drug-likeness (QED) is 0.0918. The molecule has 0 radical (unpaired) electrons. The lowest BCUT2D eigenvalue weighted by Crippen LogP contribution is -2.20. The smallest absolute Gasteiger partial charge is 0.303 e. The lowest BCUT2D eigenvalue weighted by molar-refractivity contribution is -0.136. The van der Waals surface area contributed by atoms with Gasteiger partial charge < -0.3 is 24.9 Å².